The fourth-order valence-electron chi connectivity index (χ4n) is 2.61. The molecule has 0 N–H and O–H groups in total. The van der Waals surface area contributed by atoms with Gasteiger partial charge in [-0.1, -0.05) is 6.07 Å². The van der Waals surface area contributed by atoms with Crippen LogP contribution in [0.1, 0.15) is 29.9 Å². The highest BCUT2D eigenvalue weighted by molar-refractivity contribution is 5.79. The van der Waals surface area contributed by atoms with Crippen molar-refractivity contribution in [3.63, 3.8) is 0 Å². The second kappa shape index (κ2) is 4.79. The van der Waals surface area contributed by atoms with E-state index in [9.17, 15) is 4.79 Å². The number of carbonyl (C=O) groups is 1. The molecule has 1 aliphatic carbocycles. The lowest BCUT2D eigenvalue weighted by atomic mass is 9.82. The van der Waals surface area contributed by atoms with Gasteiger partial charge in [0.2, 0.25) is 0 Å². The minimum Gasteiger partial charge on any atom is -0.469 e. The van der Waals surface area contributed by atoms with Crippen LogP contribution in [0.4, 0.5) is 0 Å². The van der Waals surface area contributed by atoms with Crippen molar-refractivity contribution in [1.82, 2.24) is 20.2 Å². The number of aryl methyl sites for hydroxylation is 1. The van der Waals surface area contributed by atoms with Gasteiger partial charge in [0, 0.05) is 0 Å². The van der Waals surface area contributed by atoms with Crippen LogP contribution >= 0.6 is 0 Å². The lowest BCUT2D eigenvalue weighted by Crippen LogP contribution is -2.20. The molecule has 1 aromatic carbocycles. The van der Waals surface area contributed by atoms with E-state index in [1.54, 1.807) is 11.0 Å². The fourth-order valence-corrected chi connectivity index (χ4v) is 2.61. The Morgan fingerprint density at radius 2 is 2.37 bits per heavy atom. The van der Waals surface area contributed by atoms with Crippen LogP contribution in [0.15, 0.2) is 24.5 Å². The summed E-state index contributed by atoms with van der Waals surface area (Å²) in [5.41, 5.74) is 3.15. The highest BCUT2D eigenvalue weighted by Crippen LogP contribution is 2.33. The number of tetrazole rings is 1. The van der Waals surface area contributed by atoms with Crippen molar-refractivity contribution in [3.8, 4) is 5.69 Å². The third-order valence-electron chi connectivity index (χ3n) is 3.54. The van der Waals surface area contributed by atoms with E-state index in [1.807, 2.05) is 18.2 Å². The highest BCUT2D eigenvalue weighted by atomic mass is 16.5. The van der Waals surface area contributed by atoms with Gasteiger partial charge in [-0.05, 0) is 52.9 Å². The summed E-state index contributed by atoms with van der Waals surface area (Å²) in [5.74, 6) is -0.298. The van der Waals surface area contributed by atoms with Gasteiger partial charge in [0.15, 0.2) is 0 Å². The van der Waals surface area contributed by atoms with E-state index in [1.165, 1.54) is 12.7 Å². The number of hydrogen-bond donors (Lipinski definition) is 0. The van der Waals surface area contributed by atoms with Gasteiger partial charge in [-0.25, -0.2) is 4.68 Å². The van der Waals surface area contributed by atoms with Crippen LogP contribution in [0.25, 0.3) is 5.69 Å². The molecule has 1 aliphatic rings. The van der Waals surface area contributed by atoms with E-state index in [2.05, 4.69) is 15.5 Å². The standard InChI is InChI=1S/C13H14N4O2/c1-19-13(18)12-4-2-3-9-7-10(5-6-11(9)12)17-8-14-15-16-17/h5-8,12H,2-4H2,1H3. The van der Waals surface area contributed by atoms with Crippen LogP contribution in [0.5, 0.6) is 0 Å². The number of ether oxygens (including phenoxy) is 1. The molecule has 0 saturated carbocycles. The molecule has 2 aromatic rings. The third-order valence-corrected chi connectivity index (χ3v) is 3.54. The molecule has 19 heavy (non-hydrogen) atoms. The molecule has 1 atom stereocenters. The van der Waals surface area contributed by atoms with Crippen LogP contribution in [0.2, 0.25) is 0 Å². The maximum absolute atomic E-state index is 11.8. The number of esters is 1. The lowest BCUT2D eigenvalue weighted by Gasteiger charge is -2.23. The monoisotopic (exact) mass is 258 g/mol. The molecule has 6 heteroatoms. The number of hydrogen-bond acceptors (Lipinski definition) is 5. The van der Waals surface area contributed by atoms with Crippen LogP contribution < -0.4 is 0 Å². The number of methoxy groups -OCH3 is 1. The molecule has 0 fully saturated rings. The number of fused-ring (bicyclic) bond motifs is 1. The summed E-state index contributed by atoms with van der Waals surface area (Å²) in [6.45, 7) is 0. The molecule has 0 radical (unpaired) electrons. The van der Waals surface area contributed by atoms with Crippen LogP contribution in [0, 0.1) is 0 Å². The van der Waals surface area contributed by atoms with Gasteiger partial charge in [0.1, 0.15) is 6.33 Å². The van der Waals surface area contributed by atoms with Crippen LogP contribution in [-0.2, 0) is 16.0 Å². The molecule has 1 heterocycles. The van der Waals surface area contributed by atoms with Crippen molar-refractivity contribution < 1.29 is 9.53 Å². The molecule has 0 amide bonds. The maximum atomic E-state index is 11.8. The summed E-state index contributed by atoms with van der Waals surface area (Å²) in [6, 6.07) is 5.95. The number of nitrogens with zero attached hydrogens (tertiary/aromatic N) is 4. The molecule has 98 valence electrons. The van der Waals surface area contributed by atoms with Crippen molar-refractivity contribution in [2.75, 3.05) is 7.11 Å². The van der Waals surface area contributed by atoms with Crippen molar-refractivity contribution in [1.29, 1.82) is 0 Å². The zero-order chi connectivity index (χ0) is 13.2. The Balaban J connectivity index is 1.99. The maximum Gasteiger partial charge on any atom is 0.313 e. The Kier molecular flexibility index (Phi) is 2.98. The Hall–Kier alpha value is -2.24. The lowest BCUT2D eigenvalue weighted by molar-refractivity contribution is -0.142. The topological polar surface area (TPSA) is 69.9 Å². The molecular formula is C13H14N4O2. The van der Waals surface area contributed by atoms with Crippen molar-refractivity contribution in [3.05, 3.63) is 35.7 Å². The molecule has 0 saturated heterocycles. The van der Waals surface area contributed by atoms with Gasteiger partial charge in [0.05, 0.1) is 18.7 Å². The molecule has 0 aliphatic heterocycles. The SMILES string of the molecule is COC(=O)C1CCCc2cc(-n3cnnn3)ccc21. The first-order valence-electron chi connectivity index (χ1n) is 6.23. The van der Waals surface area contributed by atoms with Gasteiger partial charge in [-0.15, -0.1) is 5.10 Å². The zero-order valence-corrected chi connectivity index (χ0v) is 10.6. The Labute approximate surface area is 110 Å². The largest absolute Gasteiger partial charge is 0.469 e. The van der Waals surface area contributed by atoms with Crippen molar-refractivity contribution in [2.24, 2.45) is 0 Å². The fraction of sp³-hybridized carbons (Fsp3) is 0.385. The average molecular weight is 258 g/mol. The minimum absolute atomic E-state index is 0.142. The summed E-state index contributed by atoms with van der Waals surface area (Å²) in [6.07, 6.45) is 4.37. The summed E-state index contributed by atoms with van der Waals surface area (Å²) in [5, 5.41) is 11.1. The van der Waals surface area contributed by atoms with Crippen molar-refractivity contribution in [2.45, 2.75) is 25.2 Å². The van der Waals surface area contributed by atoms with Gasteiger partial charge in [-0.2, -0.15) is 0 Å². The first-order chi connectivity index (χ1) is 9.29. The molecule has 0 spiro atoms. The van der Waals surface area contributed by atoms with Gasteiger partial charge < -0.3 is 4.74 Å². The van der Waals surface area contributed by atoms with Gasteiger partial charge in [-0.3, -0.25) is 4.79 Å². The van der Waals surface area contributed by atoms with Crippen LogP contribution in [-0.4, -0.2) is 33.3 Å². The summed E-state index contributed by atoms with van der Waals surface area (Å²) < 4.78 is 6.49. The Morgan fingerprint density at radius 1 is 1.47 bits per heavy atom. The van der Waals surface area contributed by atoms with E-state index in [-0.39, 0.29) is 11.9 Å². The number of carbonyl (C=O) groups excluding carboxylic acids is 1. The predicted molar refractivity (Wildman–Crippen MR) is 66.8 cm³/mol. The van der Waals surface area contributed by atoms with E-state index in [0.717, 1.165) is 30.5 Å². The first kappa shape index (κ1) is 11.8. The first-order valence-corrected chi connectivity index (χ1v) is 6.23. The predicted octanol–water partition coefficient (Wildman–Crippen LogP) is 1.26. The van der Waals surface area contributed by atoms with Crippen LogP contribution in [0.3, 0.4) is 0 Å². The normalized spacial score (nSPS) is 17.8. The molecular weight excluding hydrogens is 244 g/mol. The quantitative estimate of drug-likeness (QED) is 0.758. The number of aromatic nitrogens is 4. The molecule has 0 bridgehead atoms. The van der Waals surface area contributed by atoms with Crippen molar-refractivity contribution >= 4 is 5.97 Å². The molecule has 1 aromatic heterocycles. The summed E-state index contributed by atoms with van der Waals surface area (Å²) in [4.78, 5) is 11.8. The Morgan fingerprint density at radius 3 is 3.11 bits per heavy atom. The smallest absolute Gasteiger partial charge is 0.313 e. The second-order valence-corrected chi connectivity index (χ2v) is 4.61. The third kappa shape index (κ3) is 2.09. The summed E-state index contributed by atoms with van der Waals surface area (Å²) in [7, 11) is 1.44. The van der Waals surface area contributed by atoms with Gasteiger partial charge in [0.25, 0.3) is 0 Å². The zero-order valence-electron chi connectivity index (χ0n) is 10.6. The highest BCUT2D eigenvalue weighted by Gasteiger charge is 2.27. The van der Waals surface area contributed by atoms with E-state index >= 15 is 0 Å². The minimum atomic E-state index is -0.156. The average Bonchev–Trinajstić information content (AvgIpc) is 2.99. The molecule has 1 unspecified atom stereocenters. The number of benzene rings is 1. The summed E-state index contributed by atoms with van der Waals surface area (Å²) >= 11 is 0. The molecule has 6 nitrogen and oxygen atoms in total. The molecule has 3 rings (SSSR count). The number of rotatable bonds is 2. The van der Waals surface area contributed by atoms with Gasteiger partial charge >= 0.3 is 5.97 Å². The van der Waals surface area contributed by atoms with E-state index in [0.29, 0.717) is 0 Å². The van der Waals surface area contributed by atoms with E-state index in [4.69, 9.17) is 4.74 Å². The second-order valence-electron chi connectivity index (χ2n) is 4.61. The van der Waals surface area contributed by atoms with E-state index < -0.39 is 0 Å². The Bertz CT molecular complexity index is 595.